The number of esters is 1. The highest BCUT2D eigenvalue weighted by atomic mass is 16.6. The number of fused-ring (bicyclic) bond motifs is 13. The van der Waals surface area contributed by atoms with Crippen molar-refractivity contribution in [3.05, 3.63) is 96.7 Å². The molecule has 6 rings (SSSR count). The Labute approximate surface area is 338 Å². The van der Waals surface area contributed by atoms with Crippen molar-refractivity contribution >= 4 is 11.9 Å². The quantitative estimate of drug-likeness (QED) is 0.126. The SMILES string of the molecule is C/C(=C\[C@H](C)CCCCC(=O)O)C1OC2C=CC1OC(=O)\C=C/C=C\C=C\[C@H]1OC3C[C@@H]1O[C@@H](/C=C/C[C@H]1O[C@H](C[C@H](O)[C@H]1C)[C@@H](O)[C@@H](O)/C=C/CC/C=C/C2)C3. The van der Waals surface area contributed by atoms with Gasteiger partial charge in [-0.05, 0) is 63.0 Å². The van der Waals surface area contributed by atoms with Crippen molar-refractivity contribution in [2.24, 2.45) is 11.8 Å². The van der Waals surface area contributed by atoms with Crippen LogP contribution in [0.5, 0.6) is 0 Å². The molecule has 57 heavy (non-hydrogen) atoms. The standard InChI is InChI=1S/C46H64O11/c1-30(16-13-14-22-43(49)50)26-31(2)46-40-25-24-33(55-46)17-9-5-4-6-10-19-36(47)45(52)42-29-37(48)32(3)38(56-42)21-15-18-34-27-35-28-41(53-34)39(54-35)20-11-7-8-12-23-44(51)57-40/h5,7-12,15,18-20,23-26,30,32-42,45-48,52H,4,6,13-14,16-17,21-22,27-29H2,1-3H3,(H,49,50)/b8-7-,9-5+,18-15+,19-10+,20-11+,23-12-,31-26+/t30-,32-,33?,34+,35?,36+,37+,38-,39-,40?,41+,42-,45+,46?/m1/s1. The topological polar surface area (TPSA) is 161 Å². The molecule has 6 aliphatic heterocycles. The number of ether oxygens (including phenoxy) is 5. The number of carboxylic acids is 1. The van der Waals surface area contributed by atoms with Gasteiger partial charge in [-0.15, -0.1) is 0 Å². The highest BCUT2D eigenvalue weighted by molar-refractivity contribution is 5.82. The fourth-order valence-corrected chi connectivity index (χ4v) is 8.17. The fourth-order valence-electron chi connectivity index (χ4n) is 8.17. The van der Waals surface area contributed by atoms with E-state index in [1.165, 1.54) is 6.08 Å². The predicted octanol–water partition coefficient (Wildman–Crippen LogP) is 6.55. The smallest absolute Gasteiger partial charge is 0.331 e. The lowest BCUT2D eigenvalue weighted by Gasteiger charge is -2.40. The second kappa shape index (κ2) is 22.7. The molecule has 3 saturated heterocycles. The highest BCUT2D eigenvalue weighted by Gasteiger charge is 2.42. The van der Waals surface area contributed by atoms with Crippen LogP contribution in [0.4, 0.5) is 0 Å². The van der Waals surface area contributed by atoms with Gasteiger partial charge < -0.3 is 44.1 Å². The van der Waals surface area contributed by atoms with Crippen LogP contribution in [0.25, 0.3) is 0 Å². The van der Waals surface area contributed by atoms with E-state index in [2.05, 4.69) is 19.1 Å². The zero-order chi connectivity index (χ0) is 40.7. The lowest BCUT2D eigenvalue weighted by molar-refractivity contribution is -0.175. The summed E-state index contributed by atoms with van der Waals surface area (Å²) in [5, 5.41) is 41.6. The van der Waals surface area contributed by atoms with E-state index in [9.17, 15) is 24.9 Å². The number of aliphatic hydroxyl groups excluding tert-OH is 3. The van der Waals surface area contributed by atoms with E-state index in [1.807, 2.05) is 68.5 Å². The fraction of sp³-hybridized carbons (Fsp3) is 0.609. The van der Waals surface area contributed by atoms with E-state index >= 15 is 0 Å². The highest BCUT2D eigenvalue weighted by Crippen LogP contribution is 2.35. The van der Waals surface area contributed by atoms with Crippen LogP contribution >= 0.6 is 0 Å². The van der Waals surface area contributed by atoms with Gasteiger partial charge in [0.2, 0.25) is 0 Å². The Morgan fingerprint density at radius 3 is 2.42 bits per heavy atom. The number of carbonyl (C=O) groups is 2. The van der Waals surface area contributed by atoms with Crippen molar-refractivity contribution in [2.45, 2.75) is 165 Å². The largest absolute Gasteiger partial charge is 0.481 e. The summed E-state index contributed by atoms with van der Waals surface area (Å²) in [5.74, 6) is -1.21. The van der Waals surface area contributed by atoms with Crippen LogP contribution in [-0.4, -0.2) is 106 Å². The number of carboxylic acid groups (broad SMARTS) is 1. The first kappa shape index (κ1) is 44.7. The second-order valence-electron chi connectivity index (χ2n) is 16.2. The van der Waals surface area contributed by atoms with Crippen LogP contribution in [0.3, 0.4) is 0 Å². The number of hydrogen-bond acceptors (Lipinski definition) is 10. The Morgan fingerprint density at radius 1 is 0.789 bits per heavy atom. The molecule has 0 saturated carbocycles. The Morgan fingerprint density at radius 2 is 1.60 bits per heavy atom. The molecule has 7 bridgehead atoms. The van der Waals surface area contributed by atoms with Crippen LogP contribution < -0.4 is 0 Å². The van der Waals surface area contributed by atoms with Crippen LogP contribution in [-0.2, 0) is 33.3 Å². The molecule has 0 radical (unpaired) electrons. The van der Waals surface area contributed by atoms with Gasteiger partial charge >= 0.3 is 11.9 Å². The first-order valence-corrected chi connectivity index (χ1v) is 20.9. The van der Waals surface area contributed by atoms with Crippen molar-refractivity contribution < 1.29 is 53.7 Å². The maximum Gasteiger partial charge on any atom is 0.331 e. The van der Waals surface area contributed by atoms with E-state index in [1.54, 1.807) is 18.2 Å². The van der Waals surface area contributed by atoms with E-state index < -0.39 is 48.6 Å². The molecule has 0 aromatic rings. The van der Waals surface area contributed by atoms with Gasteiger partial charge in [0.15, 0.2) is 6.10 Å². The number of hydrogen-bond donors (Lipinski definition) is 4. The van der Waals surface area contributed by atoms with Gasteiger partial charge in [-0.1, -0.05) is 99.3 Å². The van der Waals surface area contributed by atoms with Crippen molar-refractivity contribution in [3.63, 3.8) is 0 Å². The van der Waals surface area contributed by atoms with Crippen molar-refractivity contribution in [1.29, 1.82) is 0 Å². The lowest BCUT2D eigenvalue weighted by atomic mass is 9.86. The zero-order valence-electron chi connectivity index (χ0n) is 33.7. The van der Waals surface area contributed by atoms with Gasteiger partial charge in [0, 0.05) is 37.7 Å². The number of carbonyl (C=O) groups excluding carboxylic acids is 1. The monoisotopic (exact) mass is 792 g/mol. The van der Waals surface area contributed by atoms with Gasteiger partial charge in [-0.2, -0.15) is 0 Å². The maximum absolute atomic E-state index is 12.9. The molecule has 0 aliphatic carbocycles. The zero-order valence-corrected chi connectivity index (χ0v) is 33.7. The maximum atomic E-state index is 12.9. The molecule has 0 amide bonds. The number of aliphatic carboxylic acids is 1. The van der Waals surface area contributed by atoms with Crippen LogP contribution in [0.1, 0.15) is 91.4 Å². The third-order valence-corrected chi connectivity index (χ3v) is 11.4. The van der Waals surface area contributed by atoms with Crippen molar-refractivity contribution in [1.82, 2.24) is 0 Å². The van der Waals surface area contributed by atoms with E-state index in [4.69, 9.17) is 28.8 Å². The summed E-state index contributed by atoms with van der Waals surface area (Å²) in [6, 6.07) is 0. The summed E-state index contributed by atoms with van der Waals surface area (Å²) >= 11 is 0. The molecule has 3 fully saturated rings. The summed E-state index contributed by atoms with van der Waals surface area (Å²) in [4.78, 5) is 23.9. The second-order valence-corrected chi connectivity index (χ2v) is 16.2. The molecule has 11 heteroatoms. The Kier molecular flexibility index (Phi) is 17.8. The summed E-state index contributed by atoms with van der Waals surface area (Å²) < 4.78 is 31.3. The molecule has 14 atom stereocenters. The molecular weight excluding hydrogens is 728 g/mol. The molecule has 0 spiro atoms. The van der Waals surface area contributed by atoms with Crippen molar-refractivity contribution in [3.8, 4) is 0 Å². The Hall–Kier alpha value is -3.42. The summed E-state index contributed by atoms with van der Waals surface area (Å²) in [6.07, 6.45) is 29.2. The minimum Gasteiger partial charge on any atom is -0.481 e. The van der Waals surface area contributed by atoms with Gasteiger partial charge in [0.25, 0.3) is 0 Å². The summed E-state index contributed by atoms with van der Waals surface area (Å²) in [7, 11) is 0. The first-order valence-electron chi connectivity index (χ1n) is 20.9. The average Bonchev–Trinajstić information content (AvgIpc) is 3.47. The summed E-state index contributed by atoms with van der Waals surface area (Å²) in [6.45, 7) is 6.02. The molecule has 0 aromatic heterocycles. The first-order chi connectivity index (χ1) is 27.5. The number of allylic oxidation sites excluding steroid dienone is 7. The van der Waals surface area contributed by atoms with Crippen LogP contribution in [0, 0.1) is 11.8 Å². The van der Waals surface area contributed by atoms with E-state index in [0.29, 0.717) is 25.7 Å². The Balaban J connectivity index is 1.27. The molecule has 11 nitrogen and oxygen atoms in total. The molecule has 4 N–H and O–H groups in total. The third-order valence-electron chi connectivity index (χ3n) is 11.4. The molecule has 314 valence electrons. The number of unbranched alkanes of at least 4 members (excludes halogenated alkanes) is 1. The van der Waals surface area contributed by atoms with Crippen LogP contribution in [0.15, 0.2) is 96.7 Å². The molecule has 6 aliphatic rings. The third kappa shape index (κ3) is 14.1. The van der Waals surface area contributed by atoms with Gasteiger partial charge in [-0.25, -0.2) is 4.79 Å². The van der Waals surface area contributed by atoms with E-state index in [-0.39, 0.29) is 61.3 Å². The van der Waals surface area contributed by atoms with Gasteiger partial charge in [-0.3, -0.25) is 4.79 Å². The molecular formula is C46H64O11. The van der Waals surface area contributed by atoms with Crippen LogP contribution in [0.2, 0.25) is 0 Å². The van der Waals surface area contributed by atoms with Crippen molar-refractivity contribution in [2.75, 3.05) is 0 Å². The minimum atomic E-state index is -1.18. The normalized spacial score (nSPS) is 40.9. The summed E-state index contributed by atoms with van der Waals surface area (Å²) in [5.41, 5.74) is 0.946. The lowest BCUT2D eigenvalue weighted by Crippen LogP contribution is -2.50. The molecule has 0 aromatic carbocycles. The number of aliphatic hydroxyl groups is 3. The minimum absolute atomic E-state index is 0.0783. The average molecular weight is 793 g/mol. The molecule has 4 unspecified atom stereocenters. The number of rotatable bonds is 7. The Bertz CT molecular complexity index is 1540. The predicted molar refractivity (Wildman–Crippen MR) is 217 cm³/mol. The molecule has 6 heterocycles. The van der Waals surface area contributed by atoms with Gasteiger partial charge in [0.05, 0.1) is 42.7 Å². The van der Waals surface area contributed by atoms with E-state index in [0.717, 1.165) is 37.7 Å². The van der Waals surface area contributed by atoms with Gasteiger partial charge in [0.1, 0.15) is 24.4 Å².